The van der Waals surface area contributed by atoms with Gasteiger partial charge in [-0.05, 0) is 53.2 Å². The molecule has 0 amide bonds. The minimum Gasteiger partial charge on any atom is -0.481 e. The Morgan fingerprint density at radius 1 is 1.44 bits per heavy atom. The largest absolute Gasteiger partial charge is 0.481 e. The molecule has 1 atom stereocenters. The van der Waals surface area contributed by atoms with Crippen molar-refractivity contribution in [3.8, 4) is 0 Å². The van der Waals surface area contributed by atoms with E-state index in [9.17, 15) is 4.79 Å². The summed E-state index contributed by atoms with van der Waals surface area (Å²) in [5.74, 6) is -0.686. The molecule has 1 aliphatic rings. The van der Waals surface area contributed by atoms with Crippen LogP contribution in [0.3, 0.4) is 0 Å². The van der Waals surface area contributed by atoms with Crippen LogP contribution in [0.5, 0.6) is 0 Å². The molecule has 0 radical (unpaired) electrons. The number of rotatable bonds is 5. The Kier molecular flexibility index (Phi) is 5.60. The number of carboxylic acid groups (broad SMARTS) is 1. The zero-order chi connectivity index (χ0) is 13.8. The minimum atomic E-state index is -0.686. The van der Waals surface area contributed by atoms with E-state index in [-0.39, 0.29) is 12.0 Å². The molecule has 1 fully saturated rings. The summed E-state index contributed by atoms with van der Waals surface area (Å²) in [5.41, 5.74) is 0.224. The smallest absolute Gasteiger partial charge is 0.303 e. The van der Waals surface area contributed by atoms with Gasteiger partial charge in [-0.3, -0.25) is 9.69 Å². The van der Waals surface area contributed by atoms with E-state index in [0.717, 1.165) is 38.9 Å². The van der Waals surface area contributed by atoms with Crippen molar-refractivity contribution in [2.24, 2.45) is 0 Å². The summed E-state index contributed by atoms with van der Waals surface area (Å²) < 4.78 is 0. The topological polar surface area (TPSA) is 43.8 Å². The van der Waals surface area contributed by atoms with Gasteiger partial charge in [-0.15, -0.1) is 0 Å². The molecule has 1 rings (SSSR count). The van der Waals surface area contributed by atoms with E-state index in [0.29, 0.717) is 6.04 Å². The lowest BCUT2D eigenvalue weighted by Gasteiger charge is -2.38. The number of nitrogens with zero attached hydrogens (tertiary/aromatic N) is 2. The standard InChI is InChI=1S/C14H28N2O2/c1-5-9-16-11-12(6-7-13(17)18)15(4)10-8-14(16,2)3/h12H,5-11H2,1-4H3,(H,17,18). The van der Waals surface area contributed by atoms with Crippen molar-refractivity contribution in [2.45, 2.75) is 58.0 Å². The fourth-order valence-electron chi connectivity index (χ4n) is 2.70. The molecule has 1 unspecified atom stereocenters. The third-order valence-corrected chi connectivity index (χ3v) is 4.17. The maximum absolute atomic E-state index is 10.7. The maximum Gasteiger partial charge on any atom is 0.303 e. The lowest BCUT2D eigenvalue weighted by Crippen LogP contribution is -2.47. The second kappa shape index (κ2) is 6.53. The van der Waals surface area contributed by atoms with Crippen LogP contribution >= 0.6 is 0 Å². The highest BCUT2D eigenvalue weighted by Gasteiger charge is 2.33. The van der Waals surface area contributed by atoms with Gasteiger partial charge in [0.15, 0.2) is 0 Å². The van der Waals surface area contributed by atoms with E-state index in [4.69, 9.17) is 5.11 Å². The van der Waals surface area contributed by atoms with Gasteiger partial charge >= 0.3 is 5.97 Å². The average Bonchev–Trinajstić information content (AvgIpc) is 2.38. The molecule has 0 aromatic heterocycles. The predicted octanol–water partition coefficient (Wildman–Crippen LogP) is 2.05. The van der Waals surface area contributed by atoms with Gasteiger partial charge in [0.05, 0.1) is 0 Å². The summed E-state index contributed by atoms with van der Waals surface area (Å²) in [5, 5.41) is 8.84. The first-order chi connectivity index (χ1) is 8.36. The Balaban J connectivity index is 2.69. The van der Waals surface area contributed by atoms with Crippen LogP contribution in [0.1, 0.15) is 46.5 Å². The SMILES string of the molecule is CCCN1CC(CCC(=O)O)N(C)CCC1(C)C. The normalized spacial score (nSPS) is 25.9. The monoisotopic (exact) mass is 256 g/mol. The van der Waals surface area contributed by atoms with Crippen molar-refractivity contribution in [2.75, 3.05) is 26.7 Å². The second-order valence-corrected chi connectivity index (χ2v) is 6.08. The first kappa shape index (κ1) is 15.4. The molecule has 1 aliphatic heterocycles. The number of aliphatic carboxylic acids is 1. The fraction of sp³-hybridized carbons (Fsp3) is 0.929. The number of carboxylic acids is 1. The van der Waals surface area contributed by atoms with E-state index >= 15 is 0 Å². The lowest BCUT2D eigenvalue weighted by atomic mass is 9.98. The van der Waals surface area contributed by atoms with Crippen molar-refractivity contribution in [3.05, 3.63) is 0 Å². The van der Waals surface area contributed by atoms with Crippen LogP contribution < -0.4 is 0 Å². The molecule has 4 heteroatoms. The minimum absolute atomic E-state index is 0.224. The summed E-state index contributed by atoms with van der Waals surface area (Å²) in [4.78, 5) is 15.6. The van der Waals surface area contributed by atoms with Gasteiger partial charge in [-0.2, -0.15) is 0 Å². The molecular formula is C14H28N2O2. The highest BCUT2D eigenvalue weighted by atomic mass is 16.4. The summed E-state index contributed by atoms with van der Waals surface area (Å²) in [6.07, 6.45) is 3.32. The third kappa shape index (κ3) is 4.25. The van der Waals surface area contributed by atoms with Crippen molar-refractivity contribution in [3.63, 3.8) is 0 Å². The molecule has 0 bridgehead atoms. The third-order valence-electron chi connectivity index (χ3n) is 4.17. The van der Waals surface area contributed by atoms with Crippen molar-refractivity contribution < 1.29 is 9.90 Å². The molecule has 0 aromatic carbocycles. The van der Waals surface area contributed by atoms with Gasteiger partial charge in [-0.25, -0.2) is 0 Å². The first-order valence-corrected chi connectivity index (χ1v) is 7.04. The van der Waals surface area contributed by atoms with Crippen LogP contribution in [0.25, 0.3) is 0 Å². The van der Waals surface area contributed by atoms with Gasteiger partial charge in [0.25, 0.3) is 0 Å². The van der Waals surface area contributed by atoms with E-state index in [2.05, 4.69) is 37.6 Å². The zero-order valence-electron chi connectivity index (χ0n) is 12.3. The Hall–Kier alpha value is -0.610. The summed E-state index contributed by atoms with van der Waals surface area (Å²) >= 11 is 0. The molecule has 1 saturated heterocycles. The van der Waals surface area contributed by atoms with Crippen molar-refractivity contribution >= 4 is 5.97 Å². The molecule has 0 saturated carbocycles. The predicted molar refractivity (Wildman–Crippen MR) is 73.8 cm³/mol. The van der Waals surface area contributed by atoms with Crippen molar-refractivity contribution in [1.29, 1.82) is 0 Å². The zero-order valence-corrected chi connectivity index (χ0v) is 12.3. The summed E-state index contributed by atoms with van der Waals surface area (Å²) in [7, 11) is 2.12. The number of hydrogen-bond acceptors (Lipinski definition) is 3. The van der Waals surface area contributed by atoms with Crippen LogP contribution in [-0.2, 0) is 4.79 Å². The quantitative estimate of drug-likeness (QED) is 0.817. The number of hydrogen-bond donors (Lipinski definition) is 1. The van der Waals surface area contributed by atoms with Crippen molar-refractivity contribution in [1.82, 2.24) is 9.80 Å². The Labute approximate surface area is 111 Å². The summed E-state index contributed by atoms with van der Waals surface area (Å²) in [6.45, 7) is 9.95. The van der Waals surface area contributed by atoms with Crippen LogP contribution in [0, 0.1) is 0 Å². The molecule has 1 heterocycles. The molecule has 1 N–H and O–H groups in total. The van der Waals surface area contributed by atoms with Gasteiger partial charge in [0.2, 0.25) is 0 Å². The highest BCUT2D eigenvalue weighted by molar-refractivity contribution is 5.66. The fourth-order valence-corrected chi connectivity index (χ4v) is 2.70. The molecular weight excluding hydrogens is 228 g/mol. The Bertz CT molecular complexity index is 279. The maximum atomic E-state index is 10.7. The van der Waals surface area contributed by atoms with Crippen LogP contribution in [0.2, 0.25) is 0 Å². The number of likely N-dealkylation sites (N-methyl/N-ethyl adjacent to an activating group) is 1. The van der Waals surface area contributed by atoms with Crippen LogP contribution in [-0.4, -0.2) is 59.1 Å². The first-order valence-electron chi connectivity index (χ1n) is 7.04. The van der Waals surface area contributed by atoms with Crippen LogP contribution in [0.4, 0.5) is 0 Å². The van der Waals surface area contributed by atoms with Gasteiger partial charge in [0.1, 0.15) is 0 Å². The molecule has 106 valence electrons. The van der Waals surface area contributed by atoms with Crippen LogP contribution in [0.15, 0.2) is 0 Å². The Morgan fingerprint density at radius 2 is 2.11 bits per heavy atom. The van der Waals surface area contributed by atoms with E-state index in [1.54, 1.807) is 0 Å². The number of carbonyl (C=O) groups is 1. The molecule has 4 nitrogen and oxygen atoms in total. The molecule has 18 heavy (non-hydrogen) atoms. The van der Waals surface area contributed by atoms with E-state index in [1.807, 2.05) is 0 Å². The Morgan fingerprint density at radius 3 is 2.67 bits per heavy atom. The van der Waals surface area contributed by atoms with Gasteiger partial charge < -0.3 is 10.0 Å². The highest BCUT2D eigenvalue weighted by Crippen LogP contribution is 2.25. The van der Waals surface area contributed by atoms with Gasteiger partial charge in [0, 0.05) is 24.5 Å². The molecule has 0 spiro atoms. The van der Waals surface area contributed by atoms with E-state index in [1.165, 1.54) is 0 Å². The second-order valence-electron chi connectivity index (χ2n) is 6.08. The summed E-state index contributed by atoms with van der Waals surface area (Å²) in [6, 6.07) is 0.370. The molecule has 0 aromatic rings. The average molecular weight is 256 g/mol. The molecule has 0 aliphatic carbocycles. The van der Waals surface area contributed by atoms with Gasteiger partial charge in [-0.1, -0.05) is 6.92 Å². The van der Waals surface area contributed by atoms with E-state index < -0.39 is 5.97 Å². The lowest BCUT2D eigenvalue weighted by molar-refractivity contribution is -0.137.